The average molecular weight is 281 g/mol. The maximum atomic E-state index is 11.1. The van der Waals surface area contributed by atoms with Crippen molar-refractivity contribution < 1.29 is 4.92 Å². The third-order valence-electron chi connectivity index (χ3n) is 3.02. The van der Waals surface area contributed by atoms with E-state index in [2.05, 4.69) is 29.5 Å². The van der Waals surface area contributed by atoms with Crippen LogP contribution in [-0.2, 0) is 0 Å². The molecule has 0 bridgehead atoms. The molecule has 0 spiro atoms. The predicted molar refractivity (Wildman–Crippen MR) is 81.2 cm³/mol. The van der Waals surface area contributed by atoms with Crippen molar-refractivity contribution in [1.82, 2.24) is 9.88 Å². The number of pyridine rings is 1. The van der Waals surface area contributed by atoms with Gasteiger partial charge >= 0.3 is 5.69 Å². The van der Waals surface area contributed by atoms with Gasteiger partial charge in [-0.1, -0.05) is 13.8 Å². The topological polar surface area (TPSA) is 83.3 Å². The van der Waals surface area contributed by atoms with Gasteiger partial charge in [0, 0.05) is 25.7 Å². The lowest BCUT2D eigenvalue weighted by atomic mass is 10.0. The number of hydrogen-bond donors (Lipinski definition) is 2. The van der Waals surface area contributed by atoms with Crippen LogP contribution in [0.25, 0.3) is 0 Å². The Morgan fingerprint density at radius 2 is 2.05 bits per heavy atom. The largest absolute Gasteiger partial charge is 0.373 e. The number of anilines is 2. The molecule has 0 aliphatic carbocycles. The van der Waals surface area contributed by atoms with E-state index >= 15 is 0 Å². The Morgan fingerprint density at radius 3 is 2.50 bits per heavy atom. The summed E-state index contributed by atoms with van der Waals surface area (Å²) in [5.74, 6) is 1.24. The molecule has 2 N–H and O–H groups in total. The van der Waals surface area contributed by atoms with Gasteiger partial charge < -0.3 is 15.5 Å². The summed E-state index contributed by atoms with van der Waals surface area (Å²) in [5.41, 5.74) is -0.00611. The lowest BCUT2D eigenvalue weighted by Gasteiger charge is -2.26. The molecule has 1 atom stereocenters. The Labute approximate surface area is 119 Å². The van der Waals surface area contributed by atoms with Gasteiger partial charge in [-0.15, -0.1) is 0 Å². The number of nitrogens with zero attached hydrogens (tertiary/aromatic N) is 3. The minimum atomic E-state index is -0.415. The summed E-state index contributed by atoms with van der Waals surface area (Å²) in [5, 5.41) is 17.2. The van der Waals surface area contributed by atoms with Gasteiger partial charge in [0.25, 0.3) is 0 Å². The molecule has 20 heavy (non-hydrogen) atoms. The number of nitro groups is 1. The third kappa shape index (κ3) is 4.34. The summed E-state index contributed by atoms with van der Waals surface area (Å²) < 4.78 is 0. The molecule has 0 aromatic carbocycles. The van der Waals surface area contributed by atoms with Crippen LogP contribution in [0.2, 0.25) is 0 Å². The average Bonchev–Trinajstić information content (AvgIpc) is 2.36. The van der Waals surface area contributed by atoms with Crippen molar-refractivity contribution in [1.29, 1.82) is 0 Å². The Balaban J connectivity index is 3.05. The van der Waals surface area contributed by atoms with Gasteiger partial charge in [0.1, 0.15) is 5.82 Å². The van der Waals surface area contributed by atoms with Gasteiger partial charge in [0.15, 0.2) is 0 Å². The van der Waals surface area contributed by atoms with Crippen LogP contribution in [0.15, 0.2) is 12.1 Å². The molecular weight excluding hydrogens is 258 g/mol. The van der Waals surface area contributed by atoms with E-state index in [-0.39, 0.29) is 11.7 Å². The molecule has 1 heterocycles. The minimum absolute atomic E-state index is 0.00611. The zero-order valence-electron chi connectivity index (χ0n) is 12.7. The molecule has 7 heteroatoms. The summed E-state index contributed by atoms with van der Waals surface area (Å²) in [6, 6.07) is 3.15. The van der Waals surface area contributed by atoms with E-state index in [0.717, 1.165) is 6.54 Å². The van der Waals surface area contributed by atoms with E-state index in [1.165, 1.54) is 6.07 Å². The Hall–Kier alpha value is -1.89. The maximum absolute atomic E-state index is 11.1. The van der Waals surface area contributed by atoms with Crippen LogP contribution in [0.1, 0.15) is 13.8 Å². The minimum Gasteiger partial charge on any atom is -0.373 e. The van der Waals surface area contributed by atoms with Gasteiger partial charge in [0.05, 0.1) is 4.92 Å². The van der Waals surface area contributed by atoms with Gasteiger partial charge in [-0.2, -0.15) is 0 Å². The number of nitrogens with one attached hydrogen (secondary N) is 2. The third-order valence-corrected chi connectivity index (χ3v) is 3.02. The molecule has 0 aliphatic heterocycles. The molecule has 112 valence electrons. The fraction of sp³-hybridized carbons (Fsp3) is 0.615. The summed E-state index contributed by atoms with van der Waals surface area (Å²) in [4.78, 5) is 17.0. The van der Waals surface area contributed by atoms with E-state index in [1.807, 2.05) is 19.0 Å². The highest BCUT2D eigenvalue weighted by Crippen LogP contribution is 2.25. The van der Waals surface area contributed by atoms with Crippen molar-refractivity contribution >= 4 is 17.3 Å². The molecule has 1 unspecified atom stereocenters. The fourth-order valence-corrected chi connectivity index (χ4v) is 1.84. The van der Waals surface area contributed by atoms with E-state index < -0.39 is 4.92 Å². The lowest BCUT2D eigenvalue weighted by molar-refractivity contribution is -0.384. The summed E-state index contributed by atoms with van der Waals surface area (Å²) in [6.45, 7) is 4.93. The number of aromatic nitrogens is 1. The monoisotopic (exact) mass is 281 g/mol. The van der Waals surface area contributed by atoms with Gasteiger partial charge in [-0.25, -0.2) is 4.98 Å². The highest BCUT2D eigenvalue weighted by molar-refractivity contribution is 5.60. The quantitative estimate of drug-likeness (QED) is 0.587. The van der Waals surface area contributed by atoms with Crippen LogP contribution >= 0.6 is 0 Å². The van der Waals surface area contributed by atoms with Crippen LogP contribution in [-0.4, -0.2) is 48.5 Å². The molecule has 7 nitrogen and oxygen atoms in total. The molecular formula is C13H23N5O2. The van der Waals surface area contributed by atoms with E-state index in [4.69, 9.17) is 0 Å². The highest BCUT2D eigenvalue weighted by atomic mass is 16.6. The number of likely N-dealkylation sites (N-methyl/N-ethyl adjacent to an activating group) is 1. The Kier molecular flexibility index (Phi) is 5.69. The second-order valence-corrected chi connectivity index (χ2v) is 5.33. The summed E-state index contributed by atoms with van der Waals surface area (Å²) >= 11 is 0. The van der Waals surface area contributed by atoms with E-state index in [0.29, 0.717) is 17.6 Å². The van der Waals surface area contributed by atoms with E-state index in [9.17, 15) is 10.1 Å². The van der Waals surface area contributed by atoms with Crippen molar-refractivity contribution in [3.63, 3.8) is 0 Å². The van der Waals surface area contributed by atoms with Crippen molar-refractivity contribution in [2.75, 3.05) is 38.3 Å². The first kappa shape index (κ1) is 16.2. The molecule has 0 fully saturated rings. The number of rotatable bonds is 7. The normalized spacial score (nSPS) is 12.6. The van der Waals surface area contributed by atoms with Crippen LogP contribution < -0.4 is 10.6 Å². The molecule has 0 aliphatic rings. The van der Waals surface area contributed by atoms with Crippen molar-refractivity contribution in [3.8, 4) is 0 Å². The van der Waals surface area contributed by atoms with Crippen molar-refractivity contribution in [2.45, 2.75) is 19.9 Å². The first-order chi connectivity index (χ1) is 9.35. The van der Waals surface area contributed by atoms with E-state index in [1.54, 1.807) is 13.1 Å². The summed E-state index contributed by atoms with van der Waals surface area (Å²) in [6.07, 6.45) is 0. The standard InChI is InChI=1S/C13H23N5O2/c1-9(2)10(8-17(4)5)15-13-11(18(19)20)6-7-12(14-3)16-13/h6-7,9-10H,8H2,1-5H3,(H2,14,15,16). The molecule has 0 amide bonds. The molecule has 1 rings (SSSR count). The highest BCUT2D eigenvalue weighted by Gasteiger charge is 2.21. The second-order valence-electron chi connectivity index (χ2n) is 5.33. The smallest absolute Gasteiger partial charge is 0.311 e. The molecule has 0 saturated heterocycles. The second kappa shape index (κ2) is 7.04. The van der Waals surface area contributed by atoms with Gasteiger partial charge in [-0.05, 0) is 26.1 Å². The predicted octanol–water partition coefficient (Wildman–Crippen LogP) is 2.03. The first-order valence-corrected chi connectivity index (χ1v) is 6.59. The van der Waals surface area contributed by atoms with Crippen molar-refractivity contribution in [3.05, 3.63) is 22.2 Å². The molecule has 1 aromatic rings. The SMILES string of the molecule is CNc1ccc([N+](=O)[O-])c(NC(CN(C)C)C(C)C)n1. The first-order valence-electron chi connectivity index (χ1n) is 6.59. The fourth-order valence-electron chi connectivity index (χ4n) is 1.84. The van der Waals surface area contributed by atoms with Crippen LogP contribution in [0.5, 0.6) is 0 Å². The van der Waals surface area contributed by atoms with Crippen molar-refractivity contribution in [2.24, 2.45) is 5.92 Å². The number of hydrogen-bond acceptors (Lipinski definition) is 6. The van der Waals surface area contributed by atoms with Crippen LogP contribution in [0.4, 0.5) is 17.3 Å². The maximum Gasteiger partial charge on any atom is 0.311 e. The van der Waals surface area contributed by atoms with Gasteiger partial charge in [0.2, 0.25) is 5.82 Å². The zero-order valence-corrected chi connectivity index (χ0v) is 12.7. The summed E-state index contributed by atoms with van der Waals surface area (Å²) in [7, 11) is 5.68. The Morgan fingerprint density at radius 1 is 1.40 bits per heavy atom. The Bertz CT molecular complexity index is 462. The van der Waals surface area contributed by atoms with Crippen LogP contribution in [0, 0.1) is 16.0 Å². The van der Waals surface area contributed by atoms with Crippen LogP contribution in [0.3, 0.4) is 0 Å². The zero-order chi connectivity index (χ0) is 15.3. The molecule has 1 aromatic heterocycles. The molecule has 0 saturated carbocycles. The van der Waals surface area contributed by atoms with Gasteiger partial charge in [-0.3, -0.25) is 10.1 Å². The molecule has 0 radical (unpaired) electrons. The lowest BCUT2D eigenvalue weighted by Crippen LogP contribution is -2.36.